The van der Waals surface area contributed by atoms with Gasteiger partial charge in [-0.3, -0.25) is 26.4 Å². The molecule has 0 aliphatic heterocycles. The number of nitrogens with one attached hydrogen (secondary N) is 6. The zero-order chi connectivity index (χ0) is 25.9. The van der Waals surface area contributed by atoms with Crippen LogP contribution in [0.4, 0.5) is 0 Å². The van der Waals surface area contributed by atoms with Gasteiger partial charge in [0.05, 0.1) is 6.67 Å². The van der Waals surface area contributed by atoms with Crippen molar-refractivity contribution in [2.24, 2.45) is 10.4 Å². The minimum absolute atomic E-state index is 0.0465. The third kappa shape index (κ3) is 20.4. The summed E-state index contributed by atoms with van der Waals surface area (Å²) in [6.07, 6.45) is 16.2. The molecule has 0 heterocycles. The molecule has 6 N–H and O–H groups in total. The zero-order valence-electron chi connectivity index (χ0n) is 22.6. The molecule has 0 amide bonds. The average Bonchev–Trinajstić information content (AvgIpc) is 2.70. The summed E-state index contributed by atoms with van der Waals surface area (Å²) < 4.78 is 0. The number of rotatable bonds is 17. The molecular formula is C26H51N7O. The number of hydrogen-bond acceptors (Lipinski definition) is 5. The van der Waals surface area contributed by atoms with Crippen LogP contribution in [-0.2, 0) is 4.79 Å². The number of carbonyl (C=O) groups excluding carboxylic acids is 1. The lowest BCUT2D eigenvalue weighted by Crippen LogP contribution is -2.59. The number of aliphatic imine (C=N–C) groups is 1. The SMILES string of the molecule is CC=CC(C)(NC/N=C/CCCCCC(C)=O)NC(=N)NC(=N)NCCCCCCC(C)(C)C. The first-order valence-electron chi connectivity index (χ1n) is 12.8. The summed E-state index contributed by atoms with van der Waals surface area (Å²) in [4.78, 5) is 15.3. The van der Waals surface area contributed by atoms with Gasteiger partial charge < -0.3 is 15.4 Å². The quantitative estimate of drug-likeness (QED) is 0.0573. The molecule has 34 heavy (non-hydrogen) atoms. The molecule has 0 aromatic rings. The normalized spacial score (nSPS) is 13.7. The van der Waals surface area contributed by atoms with Crippen molar-refractivity contribution in [1.82, 2.24) is 21.3 Å². The van der Waals surface area contributed by atoms with E-state index in [4.69, 9.17) is 10.8 Å². The Balaban J connectivity index is 4.13. The van der Waals surface area contributed by atoms with E-state index in [9.17, 15) is 4.79 Å². The van der Waals surface area contributed by atoms with Crippen LogP contribution in [0.3, 0.4) is 0 Å². The van der Waals surface area contributed by atoms with Crippen LogP contribution in [0.5, 0.6) is 0 Å². The molecule has 0 aromatic heterocycles. The van der Waals surface area contributed by atoms with Crippen molar-refractivity contribution in [2.75, 3.05) is 13.2 Å². The molecule has 0 aliphatic carbocycles. The summed E-state index contributed by atoms with van der Waals surface area (Å²) in [6, 6.07) is 0. The maximum Gasteiger partial charge on any atom is 0.196 e. The predicted octanol–water partition coefficient (Wildman–Crippen LogP) is 5.07. The van der Waals surface area contributed by atoms with E-state index in [1.54, 1.807) is 6.92 Å². The summed E-state index contributed by atoms with van der Waals surface area (Å²) in [5, 5.41) is 28.4. The Kier molecular flexibility index (Phi) is 17.0. The maximum absolute atomic E-state index is 10.9. The summed E-state index contributed by atoms with van der Waals surface area (Å²) in [7, 11) is 0. The number of hydrogen-bond donors (Lipinski definition) is 6. The predicted molar refractivity (Wildman–Crippen MR) is 146 cm³/mol. The lowest BCUT2D eigenvalue weighted by Gasteiger charge is -2.29. The molecule has 0 fully saturated rings. The fourth-order valence-electron chi connectivity index (χ4n) is 3.44. The molecule has 0 saturated carbocycles. The number of nitrogens with zero attached hydrogens (tertiary/aromatic N) is 1. The van der Waals surface area contributed by atoms with E-state index in [0.29, 0.717) is 18.5 Å². The molecule has 0 aliphatic rings. The van der Waals surface area contributed by atoms with Crippen molar-refractivity contribution < 1.29 is 4.79 Å². The van der Waals surface area contributed by atoms with Crippen molar-refractivity contribution in [3.05, 3.63) is 12.2 Å². The van der Waals surface area contributed by atoms with E-state index < -0.39 is 5.66 Å². The summed E-state index contributed by atoms with van der Waals surface area (Å²) in [5.74, 6) is 0.421. The lowest BCUT2D eigenvalue weighted by molar-refractivity contribution is -0.117. The molecule has 1 unspecified atom stereocenters. The van der Waals surface area contributed by atoms with Crippen molar-refractivity contribution in [1.29, 1.82) is 10.8 Å². The lowest BCUT2D eigenvalue weighted by atomic mass is 9.89. The fraction of sp³-hybridized carbons (Fsp3) is 0.769. The summed E-state index contributed by atoms with van der Waals surface area (Å²) >= 11 is 0. The van der Waals surface area contributed by atoms with Gasteiger partial charge in [0.2, 0.25) is 0 Å². The third-order valence-electron chi connectivity index (χ3n) is 5.32. The average molecular weight is 478 g/mol. The Bertz CT molecular complexity index is 652. The van der Waals surface area contributed by atoms with Crippen LogP contribution in [0.2, 0.25) is 0 Å². The zero-order valence-corrected chi connectivity index (χ0v) is 22.6. The smallest absolute Gasteiger partial charge is 0.196 e. The van der Waals surface area contributed by atoms with E-state index in [1.165, 1.54) is 19.3 Å². The minimum Gasteiger partial charge on any atom is -0.356 e. The molecule has 0 bridgehead atoms. The van der Waals surface area contributed by atoms with Gasteiger partial charge in [0.25, 0.3) is 0 Å². The molecule has 0 radical (unpaired) electrons. The summed E-state index contributed by atoms with van der Waals surface area (Å²) in [5.41, 5.74) is -0.261. The van der Waals surface area contributed by atoms with Gasteiger partial charge in [-0.1, -0.05) is 52.5 Å². The van der Waals surface area contributed by atoms with Gasteiger partial charge in [-0.15, -0.1) is 0 Å². The van der Waals surface area contributed by atoms with E-state index in [0.717, 1.165) is 45.1 Å². The van der Waals surface area contributed by atoms with Crippen molar-refractivity contribution in [3.63, 3.8) is 0 Å². The number of allylic oxidation sites excluding steroid dienone is 1. The van der Waals surface area contributed by atoms with Crippen LogP contribution in [0.1, 0.15) is 106 Å². The standard InChI is InChI=1S/C26H51N7O/c1-7-17-26(6,31-21-29-19-14-10-8-12-16-22(2)34)33-24(28)32-23(27)30-20-15-11-9-13-18-25(3,4)5/h7,17,19,31H,8-16,18,20-21H2,1-6H3,(H5,27,28,30,32,33)/b17-7?,29-19+. The van der Waals surface area contributed by atoms with Gasteiger partial charge in [0, 0.05) is 19.2 Å². The number of unbranched alkanes of at least 4 members (excludes halogenated alkanes) is 6. The number of ketones is 1. The third-order valence-corrected chi connectivity index (χ3v) is 5.32. The molecule has 1 atom stereocenters. The van der Waals surface area contributed by atoms with Crippen LogP contribution < -0.4 is 21.3 Å². The maximum atomic E-state index is 10.9. The first-order chi connectivity index (χ1) is 16.0. The van der Waals surface area contributed by atoms with Gasteiger partial charge in [-0.2, -0.15) is 0 Å². The Morgan fingerprint density at radius 3 is 2.26 bits per heavy atom. The molecule has 0 spiro atoms. The summed E-state index contributed by atoms with van der Waals surface area (Å²) in [6.45, 7) is 13.4. The minimum atomic E-state index is -0.662. The highest BCUT2D eigenvalue weighted by Gasteiger charge is 2.20. The molecule has 0 rings (SSSR count). The Hall–Kier alpha value is -2.22. The van der Waals surface area contributed by atoms with Crippen molar-refractivity contribution in [3.8, 4) is 0 Å². The van der Waals surface area contributed by atoms with E-state index >= 15 is 0 Å². The highest BCUT2D eigenvalue weighted by molar-refractivity contribution is 5.96. The highest BCUT2D eigenvalue weighted by atomic mass is 16.1. The van der Waals surface area contributed by atoms with Gasteiger partial charge >= 0.3 is 0 Å². The number of Topliss-reactive ketones (excluding diaryl/α,β-unsaturated/α-hetero) is 1. The number of guanidine groups is 2. The topological polar surface area (TPSA) is 125 Å². The van der Waals surface area contributed by atoms with Crippen LogP contribution in [0.25, 0.3) is 0 Å². The molecular weight excluding hydrogens is 426 g/mol. The van der Waals surface area contributed by atoms with Crippen LogP contribution in [-0.4, -0.2) is 42.8 Å². The molecule has 8 heteroatoms. The van der Waals surface area contributed by atoms with Crippen molar-refractivity contribution in [2.45, 2.75) is 111 Å². The number of carbonyl (C=O) groups is 1. The second kappa shape index (κ2) is 18.2. The van der Waals surface area contributed by atoms with Crippen LogP contribution in [0.15, 0.2) is 17.1 Å². The van der Waals surface area contributed by atoms with E-state index in [1.807, 2.05) is 32.2 Å². The van der Waals surface area contributed by atoms with E-state index in [2.05, 4.69) is 47.0 Å². The molecule has 196 valence electrons. The van der Waals surface area contributed by atoms with E-state index in [-0.39, 0.29) is 17.7 Å². The Labute approximate surface area is 208 Å². The van der Waals surface area contributed by atoms with Gasteiger partial charge in [0.1, 0.15) is 11.4 Å². The Morgan fingerprint density at radius 1 is 0.941 bits per heavy atom. The van der Waals surface area contributed by atoms with Crippen LogP contribution >= 0.6 is 0 Å². The molecule has 0 aromatic carbocycles. The molecule has 8 nitrogen and oxygen atoms in total. The van der Waals surface area contributed by atoms with Crippen LogP contribution in [0, 0.1) is 16.2 Å². The van der Waals surface area contributed by atoms with Crippen molar-refractivity contribution >= 4 is 23.9 Å². The second-order valence-corrected chi connectivity index (χ2v) is 10.4. The Morgan fingerprint density at radius 2 is 1.62 bits per heavy atom. The van der Waals surface area contributed by atoms with Gasteiger partial charge in [0.15, 0.2) is 11.9 Å². The largest absolute Gasteiger partial charge is 0.356 e. The highest BCUT2D eigenvalue weighted by Crippen LogP contribution is 2.22. The fourth-order valence-corrected chi connectivity index (χ4v) is 3.44. The molecule has 0 saturated heterocycles. The first kappa shape index (κ1) is 31.8. The first-order valence-corrected chi connectivity index (χ1v) is 12.8. The second-order valence-electron chi connectivity index (χ2n) is 10.4. The monoisotopic (exact) mass is 477 g/mol. The van der Waals surface area contributed by atoms with Gasteiger partial charge in [-0.25, -0.2) is 0 Å². The van der Waals surface area contributed by atoms with Gasteiger partial charge in [-0.05, 0) is 64.4 Å².